The monoisotopic (exact) mass is 398 g/mol. The molecule has 2 aliphatic rings. The lowest BCUT2D eigenvalue weighted by Gasteiger charge is -2.19. The third kappa shape index (κ3) is 3.90. The zero-order valence-electron chi connectivity index (χ0n) is 17.1. The molecular weight excluding hydrogens is 370 g/mol. The van der Waals surface area contributed by atoms with Crippen LogP contribution in [0.5, 0.6) is 11.5 Å². The molecule has 0 aliphatic heterocycles. The van der Waals surface area contributed by atoms with Crippen molar-refractivity contribution in [2.75, 3.05) is 13.7 Å². The molecule has 0 bridgehead atoms. The van der Waals surface area contributed by atoms with Crippen molar-refractivity contribution >= 4 is 0 Å². The average Bonchev–Trinajstić information content (AvgIpc) is 3.32. The molecule has 2 aliphatic carbocycles. The van der Waals surface area contributed by atoms with Crippen LogP contribution in [0.1, 0.15) is 39.0 Å². The number of ether oxygens (including phenoxy) is 2. The van der Waals surface area contributed by atoms with Crippen LogP contribution in [0, 0.1) is 29.4 Å². The van der Waals surface area contributed by atoms with Gasteiger partial charge >= 0.3 is 0 Å². The van der Waals surface area contributed by atoms with Crippen LogP contribution in [-0.2, 0) is 0 Å². The zero-order chi connectivity index (χ0) is 20.4. The lowest BCUT2D eigenvalue weighted by molar-refractivity contribution is 0.307. The standard InChI is InChI=1S/C25H28F2O2/c1-3-4-16-7-11-21-18(8-12-20(16)21)15-29-19-9-5-17(6-10-19)22-13-14-23(28-2)25(27)24(22)26/h5-6,8-10,13-14,16,20-21H,3-4,7,11-12,15H2,1-2H3. The van der Waals surface area contributed by atoms with Gasteiger partial charge in [0.1, 0.15) is 12.4 Å². The summed E-state index contributed by atoms with van der Waals surface area (Å²) in [6.07, 6.45) is 8.80. The van der Waals surface area contributed by atoms with Crippen LogP contribution in [-0.4, -0.2) is 13.7 Å². The maximum atomic E-state index is 14.3. The second-order valence-corrected chi connectivity index (χ2v) is 8.17. The zero-order valence-corrected chi connectivity index (χ0v) is 17.1. The Balaban J connectivity index is 1.39. The van der Waals surface area contributed by atoms with E-state index in [0.29, 0.717) is 18.1 Å². The van der Waals surface area contributed by atoms with E-state index < -0.39 is 11.6 Å². The molecule has 4 heteroatoms. The first kappa shape index (κ1) is 19.9. The molecule has 2 aromatic rings. The van der Waals surface area contributed by atoms with E-state index in [2.05, 4.69) is 13.0 Å². The van der Waals surface area contributed by atoms with E-state index in [9.17, 15) is 8.78 Å². The van der Waals surface area contributed by atoms with Crippen molar-refractivity contribution < 1.29 is 18.3 Å². The molecule has 3 unspecified atom stereocenters. The van der Waals surface area contributed by atoms with Crippen LogP contribution in [0.2, 0.25) is 0 Å². The van der Waals surface area contributed by atoms with Crippen molar-refractivity contribution in [1.82, 2.24) is 0 Å². The summed E-state index contributed by atoms with van der Waals surface area (Å²) in [5.41, 5.74) is 2.25. The second-order valence-electron chi connectivity index (χ2n) is 8.17. The lowest BCUT2D eigenvalue weighted by Crippen LogP contribution is -2.14. The second kappa shape index (κ2) is 8.56. The predicted molar refractivity (Wildman–Crippen MR) is 111 cm³/mol. The summed E-state index contributed by atoms with van der Waals surface area (Å²) in [6.45, 7) is 2.89. The van der Waals surface area contributed by atoms with Gasteiger partial charge in [-0.25, -0.2) is 4.39 Å². The Bertz CT molecular complexity index is 888. The highest BCUT2D eigenvalue weighted by molar-refractivity contribution is 5.66. The molecule has 0 spiro atoms. The minimum Gasteiger partial charge on any atom is -0.494 e. The summed E-state index contributed by atoms with van der Waals surface area (Å²) in [7, 11) is 1.32. The largest absolute Gasteiger partial charge is 0.494 e. The highest BCUT2D eigenvalue weighted by Crippen LogP contribution is 2.49. The fourth-order valence-electron chi connectivity index (χ4n) is 5.11. The number of hydrogen-bond acceptors (Lipinski definition) is 2. The number of allylic oxidation sites excluding steroid dienone is 1. The Morgan fingerprint density at radius 3 is 2.52 bits per heavy atom. The van der Waals surface area contributed by atoms with Crippen LogP contribution < -0.4 is 9.47 Å². The first-order chi connectivity index (χ1) is 14.1. The van der Waals surface area contributed by atoms with Gasteiger partial charge in [-0.2, -0.15) is 4.39 Å². The molecule has 0 N–H and O–H groups in total. The number of benzene rings is 2. The molecule has 0 saturated heterocycles. The van der Waals surface area contributed by atoms with Gasteiger partial charge in [-0.15, -0.1) is 0 Å². The maximum Gasteiger partial charge on any atom is 0.201 e. The summed E-state index contributed by atoms with van der Waals surface area (Å²) >= 11 is 0. The normalized spacial score (nSPS) is 23.0. The lowest BCUT2D eigenvalue weighted by atomic mass is 9.87. The van der Waals surface area contributed by atoms with E-state index in [-0.39, 0.29) is 11.3 Å². The van der Waals surface area contributed by atoms with E-state index in [4.69, 9.17) is 9.47 Å². The number of fused-ring (bicyclic) bond motifs is 1. The minimum absolute atomic E-state index is 0.0950. The van der Waals surface area contributed by atoms with Crippen LogP contribution in [0.4, 0.5) is 8.78 Å². The molecule has 1 saturated carbocycles. The highest BCUT2D eigenvalue weighted by atomic mass is 19.2. The number of hydrogen-bond donors (Lipinski definition) is 0. The van der Waals surface area contributed by atoms with Crippen LogP contribution >= 0.6 is 0 Å². The molecule has 4 rings (SSSR count). The van der Waals surface area contributed by atoms with E-state index >= 15 is 0 Å². The van der Waals surface area contributed by atoms with Crippen molar-refractivity contribution in [1.29, 1.82) is 0 Å². The Morgan fingerprint density at radius 1 is 1.00 bits per heavy atom. The summed E-state index contributed by atoms with van der Waals surface area (Å²) in [6, 6.07) is 10.1. The third-order valence-corrected chi connectivity index (χ3v) is 6.60. The van der Waals surface area contributed by atoms with Crippen molar-refractivity contribution in [2.24, 2.45) is 17.8 Å². The van der Waals surface area contributed by atoms with Gasteiger partial charge in [-0.05, 0) is 72.4 Å². The average molecular weight is 398 g/mol. The number of methoxy groups -OCH3 is 1. The Hall–Kier alpha value is -2.36. The summed E-state index contributed by atoms with van der Waals surface area (Å²) in [5, 5.41) is 0. The van der Waals surface area contributed by atoms with E-state index in [1.807, 2.05) is 12.1 Å². The molecule has 3 atom stereocenters. The van der Waals surface area contributed by atoms with Crippen molar-refractivity contribution in [3.05, 3.63) is 59.7 Å². The summed E-state index contributed by atoms with van der Waals surface area (Å²) in [5.74, 6) is 1.15. The first-order valence-corrected chi connectivity index (χ1v) is 10.6. The first-order valence-electron chi connectivity index (χ1n) is 10.6. The Morgan fingerprint density at radius 2 is 1.79 bits per heavy atom. The Kier molecular flexibility index (Phi) is 5.89. The summed E-state index contributed by atoms with van der Waals surface area (Å²) in [4.78, 5) is 0. The molecule has 2 aromatic carbocycles. The fourth-order valence-corrected chi connectivity index (χ4v) is 5.11. The van der Waals surface area contributed by atoms with Gasteiger partial charge in [0.15, 0.2) is 11.6 Å². The van der Waals surface area contributed by atoms with Crippen molar-refractivity contribution in [3.8, 4) is 22.6 Å². The molecule has 29 heavy (non-hydrogen) atoms. The molecule has 1 fully saturated rings. The van der Waals surface area contributed by atoms with Crippen molar-refractivity contribution in [2.45, 2.75) is 39.0 Å². The smallest absolute Gasteiger partial charge is 0.201 e. The van der Waals surface area contributed by atoms with Gasteiger partial charge in [-0.1, -0.05) is 38.0 Å². The van der Waals surface area contributed by atoms with E-state index in [1.54, 1.807) is 12.1 Å². The quantitative estimate of drug-likeness (QED) is 0.478. The van der Waals surface area contributed by atoms with Crippen molar-refractivity contribution in [3.63, 3.8) is 0 Å². The fraction of sp³-hybridized carbons (Fsp3) is 0.440. The summed E-state index contributed by atoms with van der Waals surface area (Å²) < 4.78 is 39.1. The molecule has 154 valence electrons. The van der Waals surface area contributed by atoms with E-state index in [1.165, 1.54) is 56.9 Å². The molecule has 2 nitrogen and oxygen atoms in total. The highest BCUT2D eigenvalue weighted by Gasteiger charge is 2.39. The van der Waals surface area contributed by atoms with E-state index in [0.717, 1.165) is 17.6 Å². The molecule has 0 heterocycles. The minimum atomic E-state index is -0.967. The van der Waals surface area contributed by atoms with Crippen LogP contribution in [0.15, 0.2) is 48.0 Å². The third-order valence-electron chi connectivity index (χ3n) is 6.60. The van der Waals surface area contributed by atoms with Crippen LogP contribution in [0.25, 0.3) is 11.1 Å². The topological polar surface area (TPSA) is 18.5 Å². The SMILES string of the molecule is CCCC1CCC2C(COc3ccc(-c4ccc(OC)c(F)c4F)cc3)=CCC12. The maximum absolute atomic E-state index is 14.3. The number of rotatable bonds is 7. The number of halogens is 2. The van der Waals surface area contributed by atoms with Gasteiger partial charge < -0.3 is 9.47 Å². The molecular formula is C25H28F2O2. The van der Waals surface area contributed by atoms with Gasteiger partial charge in [-0.3, -0.25) is 0 Å². The molecule has 0 amide bonds. The van der Waals surface area contributed by atoms with Gasteiger partial charge in [0.25, 0.3) is 0 Å². The van der Waals surface area contributed by atoms with Gasteiger partial charge in [0, 0.05) is 5.56 Å². The van der Waals surface area contributed by atoms with Gasteiger partial charge in [0.05, 0.1) is 7.11 Å². The van der Waals surface area contributed by atoms with Crippen LogP contribution in [0.3, 0.4) is 0 Å². The molecule has 0 aromatic heterocycles. The predicted octanol–water partition coefficient (Wildman–Crippen LogP) is 6.79. The van der Waals surface area contributed by atoms with Gasteiger partial charge in [0.2, 0.25) is 5.82 Å². The molecule has 0 radical (unpaired) electrons. The Labute approximate surface area is 171 Å².